The van der Waals surface area contributed by atoms with Gasteiger partial charge in [-0.15, -0.1) is 0 Å². The summed E-state index contributed by atoms with van der Waals surface area (Å²) in [5.74, 6) is 0.747. The molecule has 2 amide bonds. The van der Waals surface area contributed by atoms with Crippen molar-refractivity contribution in [2.75, 3.05) is 6.54 Å². The van der Waals surface area contributed by atoms with Gasteiger partial charge in [0.2, 0.25) is 11.8 Å². The van der Waals surface area contributed by atoms with Crippen molar-refractivity contribution in [1.29, 1.82) is 0 Å². The first-order valence-corrected chi connectivity index (χ1v) is 6.94. The summed E-state index contributed by atoms with van der Waals surface area (Å²) in [5, 5.41) is 2.88. The highest BCUT2D eigenvalue weighted by atomic mass is 16.2. The van der Waals surface area contributed by atoms with E-state index in [1.807, 2.05) is 25.7 Å². The highest BCUT2D eigenvalue weighted by Gasteiger charge is 2.47. The van der Waals surface area contributed by atoms with E-state index in [9.17, 15) is 9.59 Å². The Balaban J connectivity index is 2.17. The topological polar surface area (TPSA) is 49.4 Å². The molecule has 0 spiro atoms. The van der Waals surface area contributed by atoms with Gasteiger partial charge in [-0.1, -0.05) is 34.1 Å². The van der Waals surface area contributed by atoms with Gasteiger partial charge >= 0.3 is 0 Å². The summed E-state index contributed by atoms with van der Waals surface area (Å²) < 4.78 is 0. The quantitative estimate of drug-likeness (QED) is 0.810. The highest BCUT2D eigenvalue weighted by molar-refractivity contribution is 5.91. The second-order valence-electron chi connectivity index (χ2n) is 6.62. The van der Waals surface area contributed by atoms with Crippen molar-refractivity contribution in [2.45, 2.75) is 59.0 Å². The summed E-state index contributed by atoms with van der Waals surface area (Å²) in [6, 6.07) is -0.00865. The maximum Gasteiger partial charge on any atom is 0.245 e. The van der Waals surface area contributed by atoms with Crippen LogP contribution in [-0.4, -0.2) is 35.3 Å². The van der Waals surface area contributed by atoms with Crippen LogP contribution in [0.15, 0.2) is 0 Å². The van der Waals surface area contributed by atoms with Gasteiger partial charge in [0.25, 0.3) is 0 Å². The number of carbonyl (C=O) groups excluding carboxylic acids is 2. The molecule has 4 nitrogen and oxygen atoms in total. The van der Waals surface area contributed by atoms with Gasteiger partial charge in [0.05, 0.1) is 0 Å². The molecule has 18 heavy (non-hydrogen) atoms. The van der Waals surface area contributed by atoms with Gasteiger partial charge in [0.15, 0.2) is 0 Å². The standard InChI is InChI=1S/C14H24N2O2/c1-5-9-8-10(9)16-7-6-11(17)15-12(13(16)18)14(2,3)4/h9-10,12H,5-8H2,1-4H3,(H,15,17). The van der Waals surface area contributed by atoms with Gasteiger partial charge in [0, 0.05) is 19.0 Å². The molecule has 3 unspecified atom stereocenters. The third-order valence-corrected chi connectivity index (χ3v) is 4.09. The molecule has 1 aliphatic heterocycles. The predicted octanol–water partition coefficient (Wildman–Crippen LogP) is 1.55. The molecular weight excluding hydrogens is 228 g/mol. The molecule has 2 aliphatic rings. The molecule has 1 saturated heterocycles. The summed E-state index contributed by atoms with van der Waals surface area (Å²) in [4.78, 5) is 26.3. The highest BCUT2D eigenvalue weighted by Crippen LogP contribution is 2.39. The van der Waals surface area contributed by atoms with Crippen molar-refractivity contribution >= 4 is 11.8 Å². The summed E-state index contributed by atoms with van der Waals surface area (Å²) in [7, 11) is 0. The fourth-order valence-corrected chi connectivity index (χ4v) is 2.76. The second kappa shape index (κ2) is 4.56. The fraction of sp³-hybridized carbons (Fsp3) is 0.857. The fourth-order valence-electron chi connectivity index (χ4n) is 2.76. The second-order valence-corrected chi connectivity index (χ2v) is 6.62. The van der Waals surface area contributed by atoms with E-state index in [2.05, 4.69) is 12.2 Å². The van der Waals surface area contributed by atoms with Crippen molar-refractivity contribution in [1.82, 2.24) is 10.2 Å². The normalized spacial score (nSPS) is 33.1. The van der Waals surface area contributed by atoms with Crippen LogP contribution in [0.3, 0.4) is 0 Å². The Morgan fingerprint density at radius 3 is 2.50 bits per heavy atom. The number of hydrogen-bond donors (Lipinski definition) is 1. The molecule has 0 bridgehead atoms. The zero-order valence-corrected chi connectivity index (χ0v) is 11.8. The van der Waals surface area contributed by atoms with E-state index in [4.69, 9.17) is 0 Å². The Bertz CT molecular complexity index is 359. The van der Waals surface area contributed by atoms with Crippen molar-refractivity contribution in [2.24, 2.45) is 11.3 Å². The van der Waals surface area contributed by atoms with Gasteiger partial charge in [-0.05, 0) is 17.8 Å². The molecular formula is C14H24N2O2. The number of amides is 2. The molecule has 102 valence electrons. The predicted molar refractivity (Wildman–Crippen MR) is 69.9 cm³/mol. The van der Waals surface area contributed by atoms with E-state index >= 15 is 0 Å². The van der Waals surface area contributed by atoms with Crippen LogP contribution in [0.2, 0.25) is 0 Å². The molecule has 4 heteroatoms. The zero-order valence-electron chi connectivity index (χ0n) is 11.8. The Labute approximate surface area is 109 Å². The lowest BCUT2D eigenvalue weighted by molar-refractivity contribution is -0.137. The van der Waals surface area contributed by atoms with Crippen molar-refractivity contribution in [3.63, 3.8) is 0 Å². The van der Waals surface area contributed by atoms with Gasteiger partial charge in [-0.25, -0.2) is 0 Å². The smallest absolute Gasteiger partial charge is 0.245 e. The molecule has 2 fully saturated rings. The summed E-state index contributed by atoms with van der Waals surface area (Å²) in [6.07, 6.45) is 2.66. The minimum absolute atomic E-state index is 0.000488. The van der Waals surface area contributed by atoms with E-state index in [1.165, 1.54) is 0 Å². The van der Waals surface area contributed by atoms with Crippen molar-refractivity contribution < 1.29 is 9.59 Å². The first-order chi connectivity index (χ1) is 8.34. The van der Waals surface area contributed by atoms with Crippen LogP contribution in [0, 0.1) is 11.3 Å². The SMILES string of the molecule is CCC1CC1N1CCC(=O)NC(C(C)(C)C)C1=O. The Kier molecular flexibility index (Phi) is 3.39. The van der Waals surface area contributed by atoms with E-state index in [0.717, 1.165) is 12.8 Å². The van der Waals surface area contributed by atoms with Crippen LogP contribution in [0.4, 0.5) is 0 Å². The summed E-state index contributed by atoms with van der Waals surface area (Å²) in [6.45, 7) is 8.76. The molecule has 0 aromatic heterocycles. The molecule has 0 radical (unpaired) electrons. The van der Waals surface area contributed by atoms with Crippen molar-refractivity contribution in [3.8, 4) is 0 Å². The molecule has 1 heterocycles. The van der Waals surface area contributed by atoms with Crippen LogP contribution in [0.1, 0.15) is 47.0 Å². The largest absolute Gasteiger partial charge is 0.344 e. The number of carbonyl (C=O) groups is 2. The minimum atomic E-state index is -0.384. The third-order valence-electron chi connectivity index (χ3n) is 4.09. The summed E-state index contributed by atoms with van der Waals surface area (Å²) >= 11 is 0. The van der Waals surface area contributed by atoms with E-state index in [-0.39, 0.29) is 23.3 Å². The van der Waals surface area contributed by atoms with Crippen molar-refractivity contribution in [3.05, 3.63) is 0 Å². The zero-order chi connectivity index (χ0) is 13.5. The van der Waals surface area contributed by atoms with E-state index in [0.29, 0.717) is 24.9 Å². The molecule has 1 N–H and O–H groups in total. The van der Waals surface area contributed by atoms with Gasteiger partial charge in [-0.3, -0.25) is 9.59 Å². The Hall–Kier alpha value is -1.06. The van der Waals surface area contributed by atoms with E-state index < -0.39 is 0 Å². The van der Waals surface area contributed by atoms with Gasteiger partial charge in [-0.2, -0.15) is 0 Å². The maximum absolute atomic E-state index is 12.6. The maximum atomic E-state index is 12.6. The Morgan fingerprint density at radius 2 is 2.00 bits per heavy atom. The molecule has 0 aromatic carbocycles. The number of rotatable bonds is 2. The number of nitrogens with zero attached hydrogens (tertiary/aromatic N) is 1. The molecule has 1 saturated carbocycles. The number of nitrogens with one attached hydrogen (secondary N) is 1. The molecule has 1 aliphatic carbocycles. The molecule has 0 aromatic rings. The van der Waals surface area contributed by atoms with Crippen LogP contribution in [0.5, 0.6) is 0 Å². The summed E-state index contributed by atoms with van der Waals surface area (Å²) in [5.41, 5.74) is -0.230. The van der Waals surface area contributed by atoms with Crippen LogP contribution >= 0.6 is 0 Å². The average molecular weight is 252 g/mol. The monoisotopic (exact) mass is 252 g/mol. The van der Waals surface area contributed by atoms with Gasteiger partial charge < -0.3 is 10.2 Å². The van der Waals surface area contributed by atoms with Crippen LogP contribution in [0.25, 0.3) is 0 Å². The average Bonchev–Trinajstić information content (AvgIpc) is 3.03. The Morgan fingerprint density at radius 1 is 1.33 bits per heavy atom. The molecule has 3 atom stereocenters. The first-order valence-electron chi connectivity index (χ1n) is 6.94. The lowest BCUT2D eigenvalue weighted by atomic mass is 9.86. The lowest BCUT2D eigenvalue weighted by Gasteiger charge is -2.32. The minimum Gasteiger partial charge on any atom is -0.344 e. The lowest BCUT2D eigenvalue weighted by Crippen LogP contribution is -2.52. The molecule has 2 rings (SSSR count). The van der Waals surface area contributed by atoms with Gasteiger partial charge in [0.1, 0.15) is 6.04 Å². The van der Waals surface area contributed by atoms with Crippen LogP contribution in [-0.2, 0) is 9.59 Å². The van der Waals surface area contributed by atoms with E-state index in [1.54, 1.807) is 0 Å². The number of hydrogen-bond acceptors (Lipinski definition) is 2. The third kappa shape index (κ3) is 2.52. The first kappa shape index (κ1) is 13.4. The van der Waals surface area contributed by atoms with Crippen LogP contribution < -0.4 is 5.32 Å².